The summed E-state index contributed by atoms with van der Waals surface area (Å²) in [7, 11) is 0. The summed E-state index contributed by atoms with van der Waals surface area (Å²) in [5, 5.41) is 6.11. The van der Waals surface area contributed by atoms with Gasteiger partial charge in [-0.25, -0.2) is 9.37 Å². The van der Waals surface area contributed by atoms with E-state index in [1.165, 1.54) is 35.6 Å². The molecule has 31 heavy (non-hydrogen) atoms. The molecule has 0 saturated carbocycles. The minimum Gasteiger partial charge on any atom is -0.355 e. The first-order valence-electron chi connectivity index (χ1n) is 9.54. The van der Waals surface area contributed by atoms with Crippen molar-refractivity contribution in [1.82, 2.24) is 19.9 Å². The lowest BCUT2D eigenvalue weighted by Gasteiger charge is -2.41. The summed E-state index contributed by atoms with van der Waals surface area (Å²) in [5.41, 5.74) is 0.805. The zero-order valence-electron chi connectivity index (χ0n) is 16.4. The normalized spacial score (nSPS) is 15.3. The molecule has 1 aliphatic rings. The number of halogens is 4. The Labute approximate surface area is 175 Å². The summed E-state index contributed by atoms with van der Waals surface area (Å²) in [6.45, 7) is 1.51. The van der Waals surface area contributed by atoms with Crippen LogP contribution >= 0.6 is 0 Å². The quantitative estimate of drug-likeness (QED) is 0.561. The standard InChI is InChI=1S/C20H19F4N7/c1-12(13-2-4-15(21)5-3-13)27-19-29-16(28-17-9-25-6-7-26-17)8-18(30-19)31-10-14(11-31)20(22,23)24/h2-9,12,14H,10-11H2,1H3,(H2,26,27,28,29,30)/t12-/m0/s1. The fourth-order valence-electron chi connectivity index (χ4n) is 3.12. The third-order valence-corrected chi connectivity index (χ3v) is 4.92. The molecule has 2 N–H and O–H groups in total. The Bertz CT molecular complexity index is 1020. The predicted molar refractivity (Wildman–Crippen MR) is 108 cm³/mol. The van der Waals surface area contributed by atoms with Gasteiger partial charge in [0.1, 0.15) is 23.3 Å². The van der Waals surface area contributed by atoms with E-state index in [-0.39, 0.29) is 30.9 Å². The van der Waals surface area contributed by atoms with Crippen LogP contribution in [0.2, 0.25) is 0 Å². The van der Waals surface area contributed by atoms with E-state index in [1.807, 2.05) is 6.92 Å². The maximum absolute atomic E-state index is 13.2. The summed E-state index contributed by atoms with van der Waals surface area (Å²) in [6.07, 6.45) is 0.288. The van der Waals surface area contributed by atoms with Crippen molar-refractivity contribution >= 4 is 23.4 Å². The predicted octanol–water partition coefficient (Wildman–Crippen LogP) is 4.32. The Hall–Kier alpha value is -3.50. The largest absolute Gasteiger partial charge is 0.395 e. The highest BCUT2D eigenvalue weighted by Gasteiger charge is 2.47. The average molecular weight is 433 g/mol. The molecule has 7 nitrogen and oxygen atoms in total. The van der Waals surface area contributed by atoms with Crippen LogP contribution < -0.4 is 15.5 Å². The number of benzene rings is 1. The lowest BCUT2D eigenvalue weighted by atomic mass is 10.00. The van der Waals surface area contributed by atoms with E-state index in [9.17, 15) is 17.6 Å². The van der Waals surface area contributed by atoms with Gasteiger partial charge in [-0.05, 0) is 24.6 Å². The van der Waals surface area contributed by atoms with Gasteiger partial charge in [-0.3, -0.25) is 4.98 Å². The monoisotopic (exact) mass is 433 g/mol. The van der Waals surface area contributed by atoms with Crippen LogP contribution in [0.5, 0.6) is 0 Å². The van der Waals surface area contributed by atoms with Crippen molar-refractivity contribution in [2.24, 2.45) is 5.92 Å². The molecule has 0 bridgehead atoms. The molecule has 162 valence electrons. The van der Waals surface area contributed by atoms with E-state index in [0.717, 1.165) is 5.56 Å². The highest BCUT2D eigenvalue weighted by Crippen LogP contribution is 2.36. The zero-order chi connectivity index (χ0) is 22.0. The van der Waals surface area contributed by atoms with Crippen molar-refractivity contribution in [3.05, 3.63) is 60.3 Å². The molecule has 1 atom stereocenters. The Morgan fingerprint density at radius 2 is 1.81 bits per heavy atom. The molecule has 11 heteroatoms. The minimum absolute atomic E-state index is 0.169. The van der Waals surface area contributed by atoms with Crippen LogP contribution in [0.1, 0.15) is 18.5 Å². The molecule has 0 spiro atoms. The molecule has 0 amide bonds. The van der Waals surface area contributed by atoms with E-state index >= 15 is 0 Å². The van der Waals surface area contributed by atoms with Crippen LogP contribution in [0, 0.1) is 11.7 Å². The van der Waals surface area contributed by atoms with E-state index in [1.54, 1.807) is 18.2 Å². The van der Waals surface area contributed by atoms with E-state index in [4.69, 9.17) is 0 Å². The second-order valence-corrected chi connectivity index (χ2v) is 7.21. The second-order valence-electron chi connectivity index (χ2n) is 7.21. The molecule has 2 aromatic heterocycles. The number of anilines is 4. The lowest BCUT2D eigenvalue weighted by Crippen LogP contribution is -2.53. The SMILES string of the molecule is C[C@H](Nc1nc(Nc2cnccn2)cc(N2CC(C(F)(F)F)C2)n1)c1ccc(F)cc1. The van der Waals surface area contributed by atoms with Gasteiger partial charge in [0, 0.05) is 31.5 Å². The number of hydrogen-bond donors (Lipinski definition) is 2. The van der Waals surface area contributed by atoms with Gasteiger partial charge >= 0.3 is 6.18 Å². The molecular formula is C20H19F4N7. The van der Waals surface area contributed by atoms with Crippen LogP contribution in [0.3, 0.4) is 0 Å². The van der Waals surface area contributed by atoms with Crippen LogP contribution in [0.15, 0.2) is 48.9 Å². The number of nitrogens with zero attached hydrogens (tertiary/aromatic N) is 5. The highest BCUT2D eigenvalue weighted by molar-refractivity contribution is 5.60. The molecular weight excluding hydrogens is 414 g/mol. The van der Waals surface area contributed by atoms with Gasteiger partial charge in [-0.2, -0.15) is 23.1 Å². The molecule has 4 rings (SSSR count). The first kappa shape index (κ1) is 20.8. The van der Waals surface area contributed by atoms with Gasteiger partial charge in [-0.15, -0.1) is 0 Å². The highest BCUT2D eigenvalue weighted by atomic mass is 19.4. The summed E-state index contributed by atoms with van der Waals surface area (Å²) in [4.78, 5) is 18.4. The van der Waals surface area contributed by atoms with Crippen molar-refractivity contribution < 1.29 is 17.6 Å². The Morgan fingerprint density at radius 1 is 1.06 bits per heavy atom. The summed E-state index contributed by atoms with van der Waals surface area (Å²) >= 11 is 0. The molecule has 0 radical (unpaired) electrons. The van der Waals surface area contributed by atoms with Crippen molar-refractivity contribution in [1.29, 1.82) is 0 Å². The fraction of sp³-hybridized carbons (Fsp3) is 0.300. The van der Waals surface area contributed by atoms with Crippen LogP contribution in [0.4, 0.5) is 41.0 Å². The van der Waals surface area contributed by atoms with Crippen molar-refractivity contribution in [2.45, 2.75) is 19.1 Å². The lowest BCUT2D eigenvalue weighted by molar-refractivity contribution is -0.180. The van der Waals surface area contributed by atoms with Gasteiger partial charge in [0.05, 0.1) is 18.2 Å². The summed E-state index contributed by atoms with van der Waals surface area (Å²) in [5.74, 6) is -0.363. The van der Waals surface area contributed by atoms with Gasteiger partial charge in [0.2, 0.25) is 5.95 Å². The number of nitrogens with one attached hydrogen (secondary N) is 2. The Kier molecular flexibility index (Phi) is 5.57. The average Bonchev–Trinajstić information content (AvgIpc) is 2.67. The van der Waals surface area contributed by atoms with E-state index in [2.05, 4.69) is 30.6 Å². The van der Waals surface area contributed by atoms with Crippen molar-refractivity contribution in [3.8, 4) is 0 Å². The summed E-state index contributed by atoms with van der Waals surface area (Å²) in [6, 6.07) is 7.28. The maximum Gasteiger partial charge on any atom is 0.395 e. The molecule has 1 saturated heterocycles. The van der Waals surface area contributed by atoms with Crippen LogP contribution in [-0.4, -0.2) is 39.2 Å². The first-order chi connectivity index (χ1) is 14.8. The number of aromatic nitrogens is 4. The Balaban J connectivity index is 1.57. The topological polar surface area (TPSA) is 78.9 Å². The minimum atomic E-state index is -4.23. The van der Waals surface area contributed by atoms with Crippen LogP contribution in [-0.2, 0) is 0 Å². The number of alkyl halides is 3. The summed E-state index contributed by atoms with van der Waals surface area (Å²) < 4.78 is 51.9. The molecule has 0 unspecified atom stereocenters. The fourth-order valence-corrected chi connectivity index (χ4v) is 3.12. The van der Waals surface area contributed by atoms with Gasteiger partial charge in [-0.1, -0.05) is 12.1 Å². The van der Waals surface area contributed by atoms with E-state index in [0.29, 0.717) is 17.5 Å². The smallest absolute Gasteiger partial charge is 0.355 e. The van der Waals surface area contributed by atoms with E-state index < -0.39 is 12.1 Å². The molecule has 3 heterocycles. The molecule has 1 fully saturated rings. The molecule has 3 aromatic rings. The van der Waals surface area contributed by atoms with Gasteiger partial charge in [0.15, 0.2) is 0 Å². The third-order valence-electron chi connectivity index (χ3n) is 4.92. The van der Waals surface area contributed by atoms with Gasteiger partial charge < -0.3 is 15.5 Å². The van der Waals surface area contributed by atoms with Gasteiger partial charge in [0.25, 0.3) is 0 Å². The number of hydrogen-bond acceptors (Lipinski definition) is 7. The third kappa shape index (κ3) is 4.98. The maximum atomic E-state index is 13.2. The van der Waals surface area contributed by atoms with Crippen molar-refractivity contribution in [2.75, 3.05) is 28.6 Å². The molecule has 1 aliphatic heterocycles. The zero-order valence-corrected chi connectivity index (χ0v) is 16.4. The molecule has 1 aromatic carbocycles. The molecule has 0 aliphatic carbocycles. The number of rotatable bonds is 6. The first-order valence-corrected chi connectivity index (χ1v) is 9.54. The second kappa shape index (κ2) is 8.32. The van der Waals surface area contributed by atoms with Crippen LogP contribution in [0.25, 0.3) is 0 Å². The Morgan fingerprint density at radius 3 is 2.45 bits per heavy atom. The van der Waals surface area contributed by atoms with Crippen molar-refractivity contribution in [3.63, 3.8) is 0 Å².